The Kier molecular flexibility index (Phi) is 5.09. The van der Waals surface area contributed by atoms with E-state index in [4.69, 9.17) is 0 Å². The van der Waals surface area contributed by atoms with E-state index >= 15 is 0 Å². The Balaban J connectivity index is 1.56. The fourth-order valence-electron chi connectivity index (χ4n) is 3.78. The highest BCUT2D eigenvalue weighted by atomic mass is 32.1. The van der Waals surface area contributed by atoms with Gasteiger partial charge in [0.2, 0.25) is 5.51 Å². The van der Waals surface area contributed by atoms with Crippen LogP contribution in [-0.2, 0) is 13.1 Å². The van der Waals surface area contributed by atoms with Crippen LogP contribution < -0.4 is 4.57 Å². The standard InChI is InChI=1S/C23H25N4S/c1-16-10-17(2)22(18(3)11-16)23-19(4)26(15-28-23)13-21-14-27(25-24-21)12-20-8-6-5-7-9-20/h5-11,14-15H,12-13H2,1-4H3/q+1. The molecule has 5 heteroatoms. The van der Waals surface area contributed by atoms with Gasteiger partial charge in [0.05, 0.1) is 12.7 Å². The molecule has 4 aromatic rings. The van der Waals surface area contributed by atoms with Crippen LogP contribution in [-0.4, -0.2) is 15.0 Å². The van der Waals surface area contributed by atoms with Gasteiger partial charge in [0.15, 0.2) is 12.2 Å². The van der Waals surface area contributed by atoms with Gasteiger partial charge < -0.3 is 0 Å². The lowest BCUT2D eigenvalue weighted by molar-refractivity contribution is -0.689. The molecule has 0 unspecified atom stereocenters. The zero-order chi connectivity index (χ0) is 19.7. The van der Waals surface area contributed by atoms with Gasteiger partial charge >= 0.3 is 0 Å². The van der Waals surface area contributed by atoms with Gasteiger partial charge in [0.25, 0.3) is 0 Å². The molecule has 4 nitrogen and oxygen atoms in total. The molecule has 2 aromatic heterocycles. The third-order valence-corrected chi connectivity index (χ3v) is 6.16. The Labute approximate surface area is 170 Å². The van der Waals surface area contributed by atoms with Crippen LogP contribution in [0.1, 0.15) is 33.6 Å². The largest absolute Gasteiger partial charge is 0.248 e. The van der Waals surface area contributed by atoms with Crippen molar-refractivity contribution in [1.82, 2.24) is 15.0 Å². The third-order valence-electron chi connectivity index (χ3n) is 5.07. The van der Waals surface area contributed by atoms with E-state index in [1.165, 1.54) is 38.4 Å². The Morgan fingerprint density at radius 3 is 2.43 bits per heavy atom. The molecule has 142 valence electrons. The number of thiazole rings is 1. The van der Waals surface area contributed by atoms with Gasteiger partial charge in [-0.2, -0.15) is 4.57 Å². The van der Waals surface area contributed by atoms with Crippen LogP contribution in [0.4, 0.5) is 0 Å². The lowest BCUT2D eigenvalue weighted by atomic mass is 9.98. The van der Waals surface area contributed by atoms with Crippen molar-refractivity contribution in [1.29, 1.82) is 0 Å². The highest BCUT2D eigenvalue weighted by molar-refractivity contribution is 7.13. The summed E-state index contributed by atoms with van der Waals surface area (Å²) in [4.78, 5) is 1.34. The fourth-order valence-corrected chi connectivity index (χ4v) is 4.97. The van der Waals surface area contributed by atoms with E-state index in [9.17, 15) is 0 Å². The van der Waals surface area contributed by atoms with E-state index in [2.05, 4.69) is 72.4 Å². The zero-order valence-corrected chi connectivity index (χ0v) is 17.6. The van der Waals surface area contributed by atoms with Crippen molar-refractivity contribution in [3.8, 4) is 10.4 Å². The summed E-state index contributed by atoms with van der Waals surface area (Å²) in [5.41, 5.74) is 11.0. The van der Waals surface area contributed by atoms with Gasteiger partial charge in [-0.1, -0.05) is 64.6 Å². The summed E-state index contributed by atoms with van der Waals surface area (Å²) >= 11 is 1.80. The Morgan fingerprint density at radius 2 is 1.71 bits per heavy atom. The SMILES string of the molecule is Cc1cc(C)c(-c2sc[n+](Cc3cn(Cc4ccccc4)nn3)c2C)c(C)c1. The summed E-state index contributed by atoms with van der Waals surface area (Å²) in [6.07, 6.45) is 2.04. The molecule has 0 aliphatic rings. The topological polar surface area (TPSA) is 34.6 Å². The quantitative estimate of drug-likeness (QED) is 0.467. The average Bonchev–Trinajstić information content (AvgIpc) is 3.23. The van der Waals surface area contributed by atoms with Crippen LogP contribution in [0.3, 0.4) is 0 Å². The monoisotopic (exact) mass is 389 g/mol. The molecule has 0 bridgehead atoms. The molecule has 0 radical (unpaired) electrons. The number of nitrogens with zero attached hydrogens (tertiary/aromatic N) is 4. The second-order valence-corrected chi connectivity index (χ2v) is 8.29. The number of aryl methyl sites for hydroxylation is 3. The predicted octanol–water partition coefficient (Wildman–Crippen LogP) is 4.62. The van der Waals surface area contributed by atoms with Crippen LogP contribution in [0.2, 0.25) is 0 Å². The van der Waals surface area contributed by atoms with E-state index in [-0.39, 0.29) is 0 Å². The van der Waals surface area contributed by atoms with Gasteiger partial charge in [-0.05, 0) is 37.5 Å². The van der Waals surface area contributed by atoms with E-state index in [0.29, 0.717) is 0 Å². The van der Waals surface area contributed by atoms with E-state index in [1.54, 1.807) is 11.3 Å². The average molecular weight is 390 g/mol. The van der Waals surface area contributed by atoms with Crippen molar-refractivity contribution in [2.24, 2.45) is 0 Å². The molecular formula is C23H25N4S+. The van der Waals surface area contributed by atoms with E-state index in [0.717, 1.165) is 18.8 Å². The molecule has 0 aliphatic carbocycles. The Hall–Kier alpha value is -2.79. The Bertz CT molecular complexity index is 1090. The number of rotatable bonds is 5. The molecule has 0 saturated carbocycles. The van der Waals surface area contributed by atoms with Gasteiger partial charge in [-0.25, -0.2) is 4.68 Å². The fraction of sp³-hybridized carbons (Fsp3) is 0.261. The van der Waals surface area contributed by atoms with Gasteiger partial charge in [-0.15, -0.1) is 5.10 Å². The van der Waals surface area contributed by atoms with Crippen LogP contribution in [0.25, 0.3) is 10.4 Å². The van der Waals surface area contributed by atoms with Crippen molar-refractivity contribution < 1.29 is 4.57 Å². The first-order valence-electron chi connectivity index (χ1n) is 9.50. The summed E-state index contributed by atoms with van der Waals surface area (Å²) in [5.74, 6) is 0. The van der Waals surface area contributed by atoms with Crippen molar-refractivity contribution in [3.05, 3.63) is 87.8 Å². The highest BCUT2D eigenvalue weighted by Crippen LogP contribution is 2.33. The molecule has 0 aliphatic heterocycles. The molecule has 0 amide bonds. The second-order valence-electron chi connectivity index (χ2n) is 7.43. The minimum absolute atomic E-state index is 0.737. The Morgan fingerprint density at radius 1 is 1.00 bits per heavy atom. The van der Waals surface area contributed by atoms with Crippen LogP contribution in [0.15, 0.2) is 54.2 Å². The number of aromatic nitrogens is 4. The van der Waals surface area contributed by atoms with Crippen LogP contribution in [0.5, 0.6) is 0 Å². The van der Waals surface area contributed by atoms with Gasteiger partial charge in [0.1, 0.15) is 10.6 Å². The highest BCUT2D eigenvalue weighted by Gasteiger charge is 2.21. The minimum atomic E-state index is 0.737. The third kappa shape index (κ3) is 3.76. The van der Waals surface area contributed by atoms with E-state index in [1.807, 2.05) is 29.1 Å². The molecule has 0 atom stereocenters. The second kappa shape index (κ2) is 7.68. The van der Waals surface area contributed by atoms with Crippen molar-refractivity contribution in [2.75, 3.05) is 0 Å². The molecule has 2 heterocycles. The van der Waals surface area contributed by atoms with Gasteiger partial charge in [-0.3, -0.25) is 0 Å². The first-order chi connectivity index (χ1) is 13.5. The lowest BCUT2D eigenvalue weighted by Crippen LogP contribution is -2.35. The number of hydrogen-bond acceptors (Lipinski definition) is 3. The molecular weight excluding hydrogens is 364 g/mol. The maximum atomic E-state index is 4.37. The first-order valence-corrected chi connectivity index (χ1v) is 10.4. The van der Waals surface area contributed by atoms with Crippen LogP contribution in [0, 0.1) is 27.7 Å². The van der Waals surface area contributed by atoms with Crippen molar-refractivity contribution in [2.45, 2.75) is 40.8 Å². The molecule has 2 aromatic carbocycles. The number of hydrogen-bond donors (Lipinski definition) is 0. The maximum absolute atomic E-state index is 4.37. The van der Waals surface area contributed by atoms with Crippen molar-refractivity contribution in [3.63, 3.8) is 0 Å². The molecule has 0 spiro atoms. The zero-order valence-electron chi connectivity index (χ0n) is 16.8. The van der Waals surface area contributed by atoms with Crippen LogP contribution >= 0.6 is 11.3 Å². The summed E-state index contributed by atoms with van der Waals surface area (Å²) in [6, 6.07) is 14.9. The minimum Gasteiger partial charge on any atom is -0.248 e. The molecule has 4 rings (SSSR count). The maximum Gasteiger partial charge on any atom is 0.225 e. The van der Waals surface area contributed by atoms with E-state index < -0.39 is 0 Å². The van der Waals surface area contributed by atoms with Crippen molar-refractivity contribution >= 4 is 11.3 Å². The first kappa shape index (κ1) is 18.6. The lowest BCUT2D eigenvalue weighted by Gasteiger charge is -2.09. The normalized spacial score (nSPS) is 11.1. The summed E-state index contributed by atoms with van der Waals surface area (Å²) in [6.45, 7) is 10.2. The smallest absolute Gasteiger partial charge is 0.225 e. The predicted molar refractivity (Wildman–Crippen MR) is 114 cm³/mol. The molecule has 28 heavy (non-hydrogen) atoms. The number of benzene rings is 2. The molecule has 0 N–H and O–H groups in total. The summed E-state index contributed by atoms with van der Waals surface area (Å²) in [7, 11) is 0. The summed E-state index contributed by atoms with van der Waals surface area (Å²) in [5, 5.41) is 8.67. The molecule has 0 saturated heterocycles. The van der Waals surface area contributed by atoms with Gasteiger partial charge in [0, 0.05) is 12.5 Å². The summed E-state index contributed by atoms with van der Waals surface area (Å²) < 4.78 is 4.18. The molecule has 0 fully saturated rings.